The van der Waals surface area contributed by atoms with Crippen LogP contribution < -0.4 is 24.8 Å². The molecule has 0 heterocycles. The maximum Gasteiger partial charge on any atom is 0.230 e. The molecule has 7 heteroatoms. The summed E-state index contributed by atoms with van der Waals surface area (Å²) in [6, 6.07) is 12.6. The molecule has 0 aliphatic heterocycles. The van der Waals surface area contributed by atoms with Crippen molar-refractivity contribution in [3.05, 3.63) is 60.2 Å². The van der Waals surface area contributed by atoms with Gasteiger partial charge in [0.1, 0.15) is 17.2 Å². The standard InChI is InChI=1S/C20H22N2O4S/c1-13(16-10-9-15(24-2)12-18(16)26-4)21-20(27)22-19(23)11-14-7-5-6-8-17(14)25-3/h5-10,12H,1,11H2,2-4H3,(H2,21,22,23,27). The first-order valence-electron chi connectivity index (χ1n) is 8.12. The van der Waals surface area contributed by atoms with Gasteiger partial charge in [-0.15, -0.1) is 0 Å². The fourth-order valence-electron chi connectivity index (χ4n) is 2.48. The molecule has 2 N–H and O–H groups in total. The number of thiocarbonyl (C=S) groups is 1. The van der Waals surface area contributed by atoms with E-state index in [4.69, 9.17) is 26.4 Å². The highest BCUT2D eigenvalue weighted by atomic mass is 32.1. The van der Waals surface area contributed by atoms with Crippen LogP contribution >= 0.6 is 12.2 Å². The van der Waals surface area contributed by atoms with Crippen LogP contribution in [0.25, 0.3) is 5.70 Å². The number of hydrogen-bond donors (Lipinski definition) is 2. The fraction of sp³-hybridized carbons (Fsp3) is 0.200. The number of methoxy groups -OCH3 is 3. The topological polar surface area (TPSA) is 68.8 Å². The van der Waals surface area contributed by atoms with Crippen LogP contribution in [0.2, 0.25) is 0 Å². The van der Waals surface area contributed by atoms with Gasteiger partial charge in [-0.25, -0.2) is 0 Å². The number of carbonyl (C=O) groups is 1. The molecule has 0 radical (unpaired) electrons. The summed E-state index contributed by atoms with van der Waals surface area (Å²) in [5.41, 5.74) is 1.98. The maximum atomic E-state index is 12.3. The summed E-state index contributed by atoms with van der Waals surface area (Å²) in [6.45, 7) is 3.96. The van der Waals surface area contributed by atoms with Crippen LogP contribution in [0.1, 0.15) is 11.1 Å². The van der Waals surface area contributed by atoms with Crippen LogP contribution in [-0.4, -0.2) is 32.3 Å². The molecule has 0 unspecified atom stereocenters. The normalized spacial score (nSPS) is 9.89. The van der Waals surface area contributed by atoms with Gasteiger partial charge in [0.05, 0.1) is 27.8 Å². The molecule has 2 aromatic rings. The van der Waals surface area contributed by atoms with Gasteiger partial charge in [-0.2, -0.15) is 0 Å². The number of hydrogen-bond acceptors (Lipinski definition) is 5. The number of ether oxygens (including phenoxy) is 3. The van der Waals surface area contributed by atoms with Crippen LogP contribution in [0.15, 0.2) is 49.0 Å². The summed E-state index contributed by atoms with van der Waals surface area (Å²) in [4.78, 5) is 12.3. The Kier molecular flexibility index (Phi) is 7.19. The summed E-state index contributed by atoms with van der Waals surface area (Å²) in [5, 5.41) is 5.70. The second-order valence-electron chi connectivity index (χ2n) is 5.54. The maximum absolute atomic E-state index is 12.3. The van der Waals surface area contributed by atoms with Crippen molar-refractivity contribution in [2.45, 2.75) is 6.42 Å². The van der Waals surface area contributed by atoms with Crippen LogP contribution in [0, 0.1) is 0 Å². The van der Waals surface area contributed by atoms with Crippen LogP contribution in [-0.2, 0) is 11.2 Å². The van der Waals surface area contributed by atoms with E-state index in [0.29, 0.717) is 28.5 Å². The molecule has 142 valence electrons. The Morgan fingerprint density at radius 2 is 1.70 bits per heavy atom. The number of para-hydroxylation sites is 1. The lowest BCUT2D eigenvalue weighted by Crippen LogP contribution is -2.39. The molecule has 0 atom stereocenters. The molecule has 6 nitrogen and oxygen atoms in total. The lowest BCUT2D eigenvalue weighted by Gasteiger charge is -2.15. The van der Waals surface area contributed by atoms with E-state index in [2.05, 4.69) is 17.2 Å². The molecule has 0 aromatic heterocycles. The van der Waals surface area contributed by atoms with Gasteiger partial charge >= 0.3 is 0 Å². The second kappa shape index (κ2) is 9.59. The van der Waals surface area contributed by atoms with Crippen LogP contribution in [0.4, 0.5) is 0 Å². The van der Waals surface area contributed by atoms with E-state index in [0.717, 1.165) is 5.56 Å². The third kappa shape index (κ3) is 5.46. The van der Waals surface area contributed by atoms with Crippen molar-refractivity contribution in [1.29, 1.82) is 0 Å². The van der Waals surface area contributed by atoms with E-state index in [9.17, 15) is 4.79 Å². The van der Waals surface area contributed by atoms with Gasteiger partial charge in [-0.05, 0) is 30.4 Å². The highest BCUT2D eigenvalue weighted by Crippen LogP contribution is 2.28. The summed E-state index contributed by atoms with van der Waals surface area (Å²) < 4.78 is 15.8. The average Bonchev–Trinajstić information content (AvgIpc) is 2.67. The van der Waals surface area contributed by atoms with Gasteiger partial charge in [0, 0.05) is 22.9 Å². The van der Waals surface area contributed by atoms with Crippen molar-refractivity contribution < 1.29 is 19.0 Å². The van der Waals surface area contributed by atoms with Crippen LogP contribution in [0.3, 0.4) is 0 Å². The molecule has 0 spiro atoms. The van der Waals surface area contributed by atoms with Gasteiger partial charge in [0.15, 0.2) is 5.11 Å². The molecule has 2 rings (SSSR count). The van der Waals surface area contributed by atoms with Crippen molar-refractivity contribution in [2.24, 2.45) is 0 Å². The first-order valence-corrected chi connectivity index (χ1v) is 8.53. The summed E-state index contributed by atoms with van der Waals surface area (Å²) in [7, 11) is 4.70. The third-order valence-electron chi connectivity index (χ3n) is 3.79. The van der Waals surface area contributed by atoms with Crippen molar-refractivity contribution in [3.8, 4) is 17.2 Å². The molecule has 0 bridgehead atoms. The molecule has 1 amide bonds. The van der Waals surface area contributed by atoms with Gasteiger partial charge in [0.25, 0.3) is 0 Å². The first kappa shape index (κ1) is 20.3. The summed E-state index contributed by atoms with van der Waals surface area (Å²) in [6.07, 6.45) is 0.143. The van der Waals surface area contributed by atoms with E-state index in [1.54, 1.807) is 45.6 Å². The largest absolute Gasteiger partial charge is 0.497 e. The minimum absolute atomic E-state index is 0.143. The lowest BCUT2D eigenvalue weighted by molar-refractivity contribution is -0.119. The Bertz CT molecular complexity index is 852. The third-order valence-corrected chi connectivity index (χ3v) is 4.00. The van der Waals surface area contributed by atoms with E-state index in [1.807, 2.05) is 18.2 Å². The highest BCUT2D eigenvalue weighted by molar-refractivity contribution is 7.80. The van der Waals surface area contributed by atoms with Crippen LogP contribution in [0.5, 0.6) is 17.2 Å². The molecular formula is C20H22N2O4S. The number of amides is 1. The second-order valence-corrected chi connectivity index (χ2v) is 5.94. The van der Waals surface area contributed by atoms with Gasteiger partial charge in [-0.3, -0.25) is 4.79 Å². The molecular weight excluding hydrogens is 364 g/mol. The van der Waals surface area contributed by atoms with Crippen molar-refractivity contribution in [1.82, 2.24) is 10.6 Å². The summed E-state index contributed by atoms with van der Waals surface area (Å²) in [5.74, 6) is 1.64. The molecule has 0 aliphatic carbocycles. The molecule has 0 fully saturated rings. The Labute approximate surface area is 164 Å². The molecule has 2 aromatic carbocycles. The minimum Gasteiger partial charge on any atom is -0.497 e. The quantitative estimate of drug-likeness (QED) is 0.713. The minimum atomic E-state index is -0.258. The lowest BCUT2D eigenvalue weighted by atomic mass is 10.1. The zero-order valence-electron chi connectivity index (χ0n) is 15.5. The van der Waals surface area contributed by atoms with Gasteiger partial charge < -0.3 is 24.8 Å². The smallest absolute Gasteiger partial charge is 0.230 e. The van der Waals surface area contributed by atoms with E-state index in [1.165, 1.54) is 0 Å². The molecule has 0 saturated carbocycles. The Hall–Kier alpha value is -3.06. The van der Waals surface area contributed by atoms with Crippen molar-refractivity contribution >= 4 is 28.9 Å². The zero-order valence-corrected chi connectivity index (χ0v) is 16.3. The average molecular weight is 386 g/mol. The zero-order chi connectivity index (χ0) is 19.8. The van der Waals surface area contributed by atoms with Crippen molar-refractivity contribution in [3.63, 3.8) is 0 Å². The Morgan fingerprint density at radius 3 is 2.37 bits per heavy atom. The molecule has 27 heavy (non-hydrogen) atoms. The molecule has 0 aliphatic rings. The van der Waals surface area contributed by atoms with E-state index < -0.39 is 0 Å². The van der Waals surface area contributed by atoms with Crippen molar-refractivity contribution in [2.75, 3.05) is 21.3 Å². The monoisotopic (exact) mass is 386 g/mol. The van der Waals surface area contributed by atoms with E-state index in [-0.39, 0.29) is 17.4 Å². The first-order chi connectivity index (χ1) is 13.0. The Morgan fingerprint density at radius 1 is 1.00 bits per heavy atom. The van der Waals surface area contributed by atoms with E-state index >= 15 is 0 Å². The SMILES string of the molecule is C=C(NC(=S)NC(=O)Cc1ccccc1OC)c1ccc(OC)cc1OC. The van der Waals surface area contributed by atoms with Gasteiger partial charge in [-0.1, -0.05) is 24.8 Å². The Balaban J connectivity index is 1.99. The van der Waals surface area contributed by atoms with Gasteiger partial charge in [0.2, 0.25) is 5.91 Å². The number of rotatable bonds is 7. The molecule has 0 saturated heterocycles. The fourth-order valence-corrected chi connectivity index (χ4v) is 2.71. The number of nitrogens with one attached hydrogen (secondary N) is 2. The predicted octanol–water partition coefficient (Wildman–Crippen LogP) is 2.92. The number of carbonyl (C=O) groups excluding carboxylic acids is 1. The number of benzene rings is 2. The highest BCUT2D eigenvalue weighted by Gasteiger charge is 2.13. The predicted molar refractivity (Wildman–Crippen MR) is 109 cm³/mol. The summed E-state index contributed by atoms with van der Waals surface area (Å²) >= 11 is 5.21.